The highest BCUT2D eigenvalue weighted by atomic mass is 32.2. The Morgan fingerprint density at radius 1 is 1.24 bits per heavy atom. The molecule has 5 nitrogen and oxygen atoms in total. The summed E-state index contributed by atoms with van der Waals surface area (Å²) in [5.41, 5.74) is -1.26. The molecule has 0 heterocycles. The molecule has 0 saturated carbocycles. The van der Waals surface area contributed by atoms with Gasteiger partial charge in [-0.05, 0) is 32.9 Å². The van der Waals surface area contributed by atoms with Crippen LogP contribution in [0.1, 0.15) is 20.8 Å². The first-order valence-electron chi connectivity index (χ1n) is 5.92. The van der Waals surface area contributed by atoms with Gasteiger partial charge >= 0.3 is 6.36 Å². The molecule has 1 aromatic carbocycles. The molecule has 0 aliphatic heterocycles. The van der Waals surface area contributed by atoms with Crippen molar-refractivity contribution in [1.29, 1.82) is 0 Å². The second-order valence-electron chi connectivity index (χ2n) is 5.00. The summed E-state index contributed by atoms with van der Waals surface area (Å²) in [4.78, 5) is -0.656. The van der Waals surface area contributed by atoms with Gasteiger partial charge in [-0.25, -0.2) is 13.1 Å². The van der Waals surface area contributed by atoms with Gasteiger partial charge in [-0.3, -0.25) is 0 Å². The summed E-state index contributed by atoms with van der Waals surface area (Å²) in [6.07, 6.45) is -6.06. The van der Waals surface area contributed by atoms with Gasteiger partial charge in [0.15, 0.2) is 0 Å². The largest absolute Gasteiger partial charge is 0.573 e. The third-order valence-corrected chi connectivity index (χ3v) is 4.52. The van der Waals surface area contributed by atoms with Crippen molar-refractivity contribution in [2.45, 2.75) is 43.7 Å². The zero-order valence-corrected chi connectivity index (χ0v) is 12.4. The Hall–Kier alpha value is -1.32. The first-order chi connectivity index (χ1) is 9.35. The maximum atomic E-state index is 12.3. The SMILES string of the molecule is CC(O)C(C)(C)NS(=O)(=O)c1ccccc1OC(F)(F)F. The molecule has 0 bridgehead atoms. The fraction of sp³-hybridized carbons (Fsp3) is 0.500. The van der Waals surface area contributed by atoms with Gasteiger partial charge in [0, 0.05) is 0 Å². The number of alkyl halides is 3. The predicted octanol–water partition coefficient (Wildman–Crippen LogP) is 2.02. The second kappa shape index (κ2) is 5.82. The van der Waals surface area contributed by atoms with E-state index in [9.17, 15) is 26.7 Å². The number of ether oxygens (including phenoxy) is 1. The van der Waals surface area contributed by atoms with Crippen molar-refractivity contribution >= 4 is 10.0 Å². The van der Waals surface area contributed by atoms with E-state index in [1.54, 1.807) is 0 Å². The van der Waals surface area contributed by atoms with E-state index in [0.717, 1.165) is 12.1 Å². The standard InChI is InChI=1S/C12H16F3NO4S/c1-8(17)11(2,3)16-21(18,19)10-7-5-4-6-9(10)20-12(13,14)15/h4-8,16-17H,1-3H3. The van der Waals surface area contributed by atoms with Crippen LogP contribution in [-0.4, -0.2) is 31.5 Å². The van der Waals surface area contributed by atoms with E-state index >= 15 is 0 Å². The number of benzene rings is 1. The van der Waals surface area contributed by atoms with Crippen molar-refractivity contribution in [3.8, 4) is 5.75 Å². The molecule has 1 atom stereocenters. The first-order valence-corrected chi connectivity index (χ1v) is 7.40. The van der Waals surface area contributed by atoms with Crippen LogP contribution in [0.25, 0.3) is 0 Å². The van der Waals surface area contributed by atoms with Crippen LogP contribution in [0.5, 0.6) is 5.75 Å². The molecule has 0 aliphatic rings. The van der Waals surface area contributed by atoms with Crippen LogP contribution in [0, 0.1) is 0 Å². The molecule has 0 fully saturated rings. The molecule has 0 radical (unpaired) electrons. The van der Waals surface area contributed by atoms with E-state index in [1.165, 1.54) is 32.9 Å². The van der Waals surface area contributed by atoms with Crippen LogP contribution in [0.4, 0.5) is 13.2 Å². The lowest BCUT2D eigenvalue weighted by Gasteiger charge is -2.29. The number of halogens is 3. The Morgan fingerprint density at radius 3 is 2.24 bits per heavy atom. The number of aliphatic hydroxyl groups excluding tert-OH is 1. The Bertz CT molecular complexity index is 597. The van der Waals surface area contributed by atoms with E-state index in [1.807, 2.05) is 0 Å². The van der Waals surface area contributed by atoms with Gasteiger partial charge in [0.1, 0.15) is 10.6 Å². The lowest BCUT2D eigenvalue weighted by Crippen LogP contribution is -2.50. The van der Waals surface area contributed by atoms with E-state index in [0.29, 0.717) is 0 Å². The summed E-state index contributed by atoms with van der Waals surface area (Å²) in [5.74, 6) is -0.834. The van der Waals surface area contributed by atoms with E-state index < -0.39 is 38.7 Å². The van der Waals surface area contributed by atoms with Gasteiger partial charge < -0.3 is 9.84 Å². The lowest BCUT2D eigenvalue weighted by atomic mass is 10.0. The number of rotatable bonds is 5. The van der Waals surface area contributed by atoms with Crippen molar-refractivity contribution in [1.82, 2.24) is 4.72 Å². The lowest BCUT2D eigenvalue weighted by molar-refractivity contribution is -0.275. The second-order valence-corrected chi connectivity index (χ2v) is 6.65. The predicted molar refractivity (Wildman–Crippen MR) is 69.2 cm³/mol. The molecule has 0 saturated heterocycles. The topological polar surface area (TPSA) is 75.6 Å². The third kappa shape index (κ3) is 4.87. The maximum absolute atomic E-state index is 12.3. The quantitative estimate of drug-likeness (QED) is 0.867. The minimum Gasteiger partial charge on any atom is -0.404 e. The molecule has 1 unspecified atom stereocenters. The molecule has 2 N–H and O–H groups in total. The van der Waals surface area contributed by atoms with E-state index in [2.05, 4.69) is 9.46 Å². The van der Waals surface area contributed by atoms with Crippen molar-refractivity contribution in [2.75, 3.05) is 0 Å². The minimum absolute atomic E-state index is 0.656. The number of aliphatic hydroxyl groups is 1. The highest BCUT2D eigenvalue weighted by Crippen LogP contribution is 2.30. The average Bonchev–Trinajstić information content (AvgIpc) is 2.25. The normalized spacial score (nSPS) is 14.8. The van der Waals surface area contributed by atoms with Crippen LogP contribution in [0.2, 0.25) is 0 Å². The Balaban J connectivity index is 3.21. The van der Waals surface area contributed by atoms with Crippen LogP contribution < -0.4 is 9.46 Å². The van der Waals surface area contributed by atoms with Crippen LogP contribution in [0.3, 0.4) is 0 Å². The molecular formula is C12H16F3NO4S. The summed E-state index contributed by atoms with van der Waals surface area (Å²) >= 11 is 0. The van der Waals surface area contributed by atoms with Crippen molar-refractivity contribution in [3.63, 3.8) is 0 Å². The first kappa shape index (κ1) is 17.7. The molecule has 0 amide bonds. The van der Waals surface area contributed by atoms with E-state index in [-0.39, 0.29) is 0 Å². The number of nitrogens with one attached hydrogen (secondary N) is 1. The summed E-state index contributed by atoms with van der Waals surface area (Å²) in [6, 6.07) is 4.38. The smallest absolute Gasteiger partial charge is 0.404 e. The summed E-state index contributed by atoms with van der Waals surface area (Å²) in [5, 5.41) is 9.51. The molecule has 0 spiro atoms. The maximum Gasteiger partial charge on any atom is 0.573 e. The van der Waals surface area contributed by atoms with E-state index in [4.69, 9.17) is 0 Å². The highest BCUT2D eigenvalue weighted by molar-refractivity contribution is 7.89. The zero-order valence-electron chi connectivity index (χ0n) is 11.6. The molecule has 9 heteroatoms. The molecule has 1 rings (SSSR count). The minimum atomic E-state index is -5.01. The Morgan fingerprint density at radius 2 is 1.76 bits per heavy atom. The average molecular weight is 327 g/mol. The van der Waals surface area contributed by atoms with Gasteiger partial charge in [0.25, 0.3) is 0 Å². The zero-order chi connectivity index (χ0) is 16.5. The van der Waals surface area contributed by atoms with Crippen molar-refractivity contribution < 1.29 is 31.4 Å². The van der Waals surface area contributed by atoms with Gasteiger partial charge in [-0.1, -0.05) is 12.1 Å². The summed E-state index contributed by atoms with van der Waals surface area (Å²) < 4.78 is 67.1. The number of sulfonamides is 1. The molecule has 21 heavy (non-hydrogen) atoms. The molecular weight excluding hydrogens is 311 g/mol. The Labute approximate surface area is 120 Å². The monoisotopic (exact) mass is 327 g/mol. The molecule has 120 valence electrons. The molecule has 1 aromatic rings. The van der Waals surface area contributed by atoms with Crippen molar-refractivity contribution in [2.24, 2.45) is 0 Å². The summed E-state index contributed by atoms with van der Waals surface area (Å²) in [6.45, 7) is 4.17. The molecule has 0 aromatic heterocycles. The highest BCUT2D eigenvalue weighted by Gasteiger charge is 2.36. The number of hydrogen-bond donors (Lipinski definition) is 2. The van der Waals surface area contributed by atoms with Crippen LogP contribution >= 0.6 is 0 Å². The number of para-hydroxylation sites is 1. The van der Waals surface area contributed by atoms with Crippen LogP contribution in [0.15, 0.2) is 29.2 Å². The fourth-order valence-corrected chi connectivity index (χ4v) is 2.97. The third-order valence-electron chi connectivity index (χ3n) is 2.81. The molecule has 0 aliphatic carbocycles. The number of hydrogen-bond acceptors (Lipinski definition) is 4. The Kier molecular flexibility index (Phi) is 4.91. The van der Waals surface area contributed by atoms with Gasteiger partial charge in [-0.2, -0.15) is 0 Å². The summed E-state index contributed by atoms with van der Waals surface area (Å²) in [7, 11) is -4.30. The van der Waals surface area contributed by atoms with Gasteiger partial charge in [-0.15, -0.1) is 13.2 Å². The van der Waals surface area contributed by atoms with Crippen LogP contribution in [-0.2, 0) is 10.0 Å². The van der Waals surface area contributed by atoms with Crippen molar-refractivity contribution in [3.05, 3.63) is 24.3 Å². The van der Waals surface area contributed by atoms with Gasteiger partial charge in [0.05, 0.1) is 11.6 Å². The fourth-order valence-electron chi connectivity index (χ4n) is 1.37. The van der Waals surface area contributed by atoms with Gasteiger partial charge in [0.2, 0.25) is 10.0 Å².